The molecule has 0 saturated carbocycles. The molecular weight excluding hydrogens is 409 g/mol. The van der Waals surface area contributed by atoms with Crippen LogP contribution in [-0.2, 0) is 22.7 Å². The third-order valence-corrected chi connectivity index (χ3v) is 6.29. The number of aromatic nitrogens is 1. The van der Waals surface area contributed by atoms with Crippen LogP contribution in [0.5, 0.6) is 0 Å². The van der Waals surface area contributed by atoms with Crippen LogP contribution in [0.4, 0.5) is 13.2 Å². The van der Waals surface area contributed by atoms with Crippen molar-refractivity contribution in [1.82, 2.24) is 4.57 Å². The van der Waals surface area contributed by atoms with Gasteiger partial charge in [0.2, 0.25) is 4.80 Å². The van der Waals surface area contributed by atoms with Gasteiger partial charge in [-0.05, 0) is 17.7 Å². The Morgan fingerprint density at radius 1 is 1.04 bits per heavy atom. The average Bonchev–Trinajstić information content (AvgIpc) is 3.01. The highest BCUT2D eigenvalue weighted by molar-refractivity contribution is 7.90. The maximum atomic E-state index is 13.8. The second-order valence-corrected chi connectivity index (χ2v) is 8.29. The molecule has 0 aliphatic heterocycles. The summed E-state index contributed by atoms with van der Waals surface area (Å²) in [5.41, 5.74) is -0.623. The van der Waals surface area contributed by atoms with Crippen LogP contribution in [0.25, 0.3) is 10.4 Å². The first-order valence-corrected chi connectivity index (χ1v) is 10.3. The number of alkyl halides is 3. The summed E-state index contributed by atoms with van der Waals surface area (Å²) in [6, 6.07) is 15.3. The van der Waals surface area contributed by atoms with Crippen LogP contribution in [0.1, 0.15) is 5.69 Å². The number of allylic oxidation sites excluding steroid dienone is 1. The lowest BCUT2D eigenvalue weighted by Crippen LogP contribution is -2.23. The smallest absolute Gasteiger partial charge is 0.308 e. The zero-order valence-corrected chi connectivity index (χ0v) is 16.1. The van der Waals surface area contributed by atoms with E-state index in [9.17, 15) is 21.6 Å². The fourth-order valence-electron chi connectivity index (χ4n) is 2.59. The molecule has 3 rings (SSSR count). The first-order chi connectivity index (χ1) is 13.2. The van der Waals surface area contributed by atoms with Crippen molar-refractivity contribution in [1.29, 1.82) is 0 Å². The Kier molecular flexibility index (Phi) is 5.57. The molecule has 1 heterocycles. The largest absolute Gasteiger partial charge is 0.432 e. The van der Waals surface area contributed by atoms with E-state index in [2.05, 4.69) is 11.0 Å². The molecule has 28 heavy (non-hydrogen) atoms. The van der Waals surface area contributed by atoms with Gasteiger partial charge in [-0.2, -0.15) is 21.6 Å². The summed E-state index contributed by atoms with van der Waals surface area (Å²) < 4.78 is 71.3. The summed E-state index contributed by atoms with van der Waals surface area (Å²) in [5.74, 6) is 0. The lowest BCUT2D eigenvalue weighted by Gasteiger charge is -2.12. The van der Waals surface area contributed by atoms with E-state index in [1.807, 2.05) is 0 Å². The molecule has 3 aromatic rings. The topological polar surface area (TPSA) is 51.4 Å². The summed E-state index contributed by atoms with van der Waals surface area (Å²) >= 11 is 0.677. The second kappa shape index (κ2) is 7.76. The van der Waals surface area contributed by atoms with Crippen LogP contribution < -0.4 is 4.80 Å². The van der Waals surface area contributed by atoms with Crippen molar-refractivity contribution in [3.63, 3.8) is 0 Å². The van der Waals surface area contributed by atoms with E-state index >= 15 is 0 Å². The normalized spacial score (nSPS) is 12.9. The Hall–Kier alpha value is -2.65. The minimum atomic E-state index is -4.70. The first kappa shape index (κ1) is 20.1. The molecule has 0 aliphatic rings. The van der Waals surface area contributed by atoms with Crippen LogP contribution in [-0.4, -0.2) is 13.0 Å². The van der Waals surface area contributed by atoms with Gasteiger partial charge in [0.25, 0.3) is 10.0 Å². The van der Waals surface area contributed by atoms with E-state index in [4.69, 9.17) is 0 Å². The summed E-state index contributed by atoms with van der Waals surface area (Å²) in [6.45, 7) is 3.25. The molecule has 0 saturated heterocycles. The monoisotopic (exact) mass is 424 g/mol. The van der Waals surface area contributed by atoms with E-state index in [0.717, 1.165) is 4.57 Å². The maximum absolute atomic E-state index is 13.8. The van der Waals surface area contributed by atoms with Crippen molar-refractivity contribution in [2.75, 3.05) is 0 Å². The van der Waals surface area contributed by atoms with Gasteiger partial charge >= 0.3 is 6.18 Å². The van der Waals surface area contributed by atoms with Gasteiger partial charge in [-0.1, -0.05) is 65.9 Å². The Labute approximate surface area is 164 Å². The van der Waals surface area contributed by atoms with Crippen LogP contribution in [0, 0.1) is 0 Å². The van der Waals surface area contributed by atoms with Crippen LogP contribution >= 0.6 is 11.3 Å². The highest BCUT2D eigenvalue weighted by Gasteiger charge is 2.39. The number of rotatable bonds is 5. The quantitative estimate of drug-likeness (QED) is 0.557. The van der Waals surface area contributed by atoms with Crippen molar-refractivity contribution < 1.29 is 21.6 Å². The summed E-state index contributed by atoms with van der Waals surface area (Å²) in [5, 5.41) is 0. The number of thiazole rings is 1. The molecule has 146 valence electrons. The van der Waals surface area contributed by atoms with E-state index in [0.29, 0.717) is 16.9 Å². The van der Waals surface area contributed by atoms with Gasteiger partial charge in [0.15, 0.2) is 0 Å². The fourth-order valence-corrected chi connectivity index (χ4v) is 4.98. The highest BCUT2D eigenvalue weighted by atomic mass is 32.2. The lowest BCUT2D eigenvalue weighted by molar-refractivity contribution is -0.142. The Morgan fingerprint density at radius 2 is 1.61 bits per heavy atom. The lowest BCUT2D eigenvalue weighted by atomic mass is 10.1. The van der Waals surface area contributed by atoms with Gasteiger partial charge in [-0.15, -0.1) is 11.0 Å². The number of hydrogen-bond donors (Lipinski definition) is 0. The van der Waals surface area contributed by atoms with E-state index in [1.165, 1.54) is 42.5 Å². The van der Waals surface area contributed by atoms with Crippen LogP contribution in [0.15, 0.2) is 82.6 Å². The summed E-state index contributed by atoms with van der Waals surface area (Å²) in [4.78, 5) is -0.463. The first-order valence-electron chi connectivity index (χ1n) is 8.07. The number of sulfonamides is 1. The van der Waals surface area contributed by atoms with Gasteiger partial charge < -0.3 is 4.57 Å². The van der Waals surface area contributed by atoms with Crippen LogP contribution in [0.3, 0.4) is 0 Å². The molecule has 0 spiro atoms. The predicted molar refractivity (Wildman–Crippen MR) is 102 cm³/mol. The van der Waals surface area contributed by atoms with Gasteiger partial charge in [0.1, 0.15) is 5.69 Å². The van der Waals surface area contributed by atoms with Crippen molar-refractivity contribution in [3.8, 4) is 10.4 Å². The number of halogens is 3. The molecule has 4 nitrogen and oxygen atoms in total. The fraction of sp³-hybridized carbons (Fsp3) is 0.105. The maximum Gasteiger partial charge on any atom is 0.432 e. The Morgan fingerprint density at radius 3 is 2.14 bits per heavy atom. The Bertz CT molecular complexity index is 1150. The summed E-state index contributed by atoms with van der Waals surface area (Å²) in [7, 11) is -4.17. The van der Waals surface area contributed by atoms with Crippen molar-refractivity contribution in [2.24, 2.45) is 4.40 Å². The van der Waals surface area contributed by atoms with Crippen molar-refractivity contribution >= 4 is 21.4 Å². The van der Waals surface area contributed by atoms with Gasteiger partial charge in [0.05, 0.1) is 9.77 Å². The van der Waals surface area contributed by atoms with Gasteiger partial charge in [-0.3, -0.25) is 0 Å². The minimum Gasteiger partial charge on any atom is -0.308 e. The van der Waals surface area contributed by atoms with Crippen LogP contribution in [0.2, 0.25) is 0 Å². The molecule has 2 aromatic carbocycles. The van der Waals surface area contributed by atoms with E-state index in [1.54, 1.807) is 24.3 Å². The molecule has 0 bridgehead atoms. The molecule has 9 heteroatoms. The minimum absolute atomic E-state index is 0.0941. The third-order valence-electron chi connectivity index (χ3n) is 3.76. The molecule has 0 unspecified atom stereocenters. The standard InChI is InChI=1S/C19H15F3N2O2S2/c1-2-13-24-17(19(20,21)22)16(14-9-5-3-6-10-14)27-18(24)23-28(25,26)15-11-7-4-8-12-15/h2-12H,1,13H2/b23-18-. The molecule has 0 radical (unpaired) electrons. The highest BCUT2D eigenvalue weighted by Crippen LogP contribution is 2.39. The zero-order valence-electron chi connectivity index (χ0n) is 14.4. The zero-order chi connectivity index (χ0) is 20.4. The molecule has 0 atom stereocenters. The molecule has 0 fully saturated rings. The summed E-state index contributed by atoms with van der Waals surface area (Å²) in [6.07, 6.45) is -3.43. The Balaban J connectivity index is 2.33. The van der Waals surface area contributed by atoms with Gasteiger partial charge in [-0.25, -0.2) is 0 Å². The predicted octanol–water partition coefficient (Wildman–Crippen LogP) is 4.71. The molecule has 1 aromatic heterocycles. The van der Waals surface area contributed by atoms with Gasteiger partial charge in [0, 0.05) is 6.54 Å². The SMILES string of the molecule is C=CCn1c(C(F)(F)F)c(-c2ccccc2)s/c1=N\S(=O)(=O)c1ccccc1. The molecule has 0 aliphatic carbocycles. The van der Waals surface area contributed by atoms with Crippen molar-refractivity contribution in [2.45, 2.75) is 17.6 Å². The van der Waals surface area contributed by atoms with E-state index < -0.39 is 21.9 Å². The third kappa shape index (κ3) is 4.10. The molecule has 0 amide bonds. The molecule has 0 N–H and O–H groups in total. The molecular formula is C19H15F3N2O2S2. The van der Waals surface area contributed by atoms with Crippen molar-refractivity contribution in [3.05, 3.63) is 83.8 Å². The van der Waals surface area contributed by atoms with E-state index in [-0.39, 0.29) is 21.1 Å². The number of hydrogen-bond acceptors (Lipinski definition) is 3. The average molecular weight is 424 g/mol. The second-order valence-electron chi connectivity index (χ2n) is 5.70. The number of benzene rings is 2. The number of nitrogens with zero attached hydrogens (tertiary/aromatic N) is 2.